The molecule has 0 amide bonds. The number of piperazine rings is 1. The molecule has 1 fully saturated rings. The van der Waals surface area contributed by atoms with Gasteiger partial charge in [0.05, 0.1) is 11.0 Å². The van der Waals surface area contributed by atoms with Gasteiger partial charge in [0.15, 0.2) is 0 Å². The maximum Gasteiger partial charge on any atom is 0.123 e. The molecular formula is C11H15FN2OS. The highest BCUT2D eigenvalue weighted by atomic mass is 32.2. The lowest BCUT2D eigenvalue weighted by Gasteiger charge is -2.34. The smallest absolute Gasteiger partial charge is 0.123 e. The SMILES string of the molecule is CS(=O)N1CCN(c2ccc(F)cc2)CC1. The first-order chi connectivity index (χ1) is 7.66. The molecule has 88 valence electrons. The number of hydrogen-bond donors (Lipinski definition) is 0. The van der Waals surface area contributed by atoms with Crippen LogP contribution in [-0.4, -0.2) is 40.9 Å². The van der Waals surface area contributed by atoms with Crippen molar-refractivity contribution in [3.63, 3.8) is 0 Å². The van der Waals surface area contributed by atoms with E-state index in [1.54, 1.807) is 18.4 Å². The first-order valence-corrected chi connectivity index (χ1v) is 6.77. The van der Waals surface area contributed by atoms with Crippen molar-refractivity contribution in [1.29, 1.82) is 0 Å². The summed E-state index contributed by atoms with van der Waals surface area (Å²) in [6.45, 7) is 3.26. The van der Waals surface area contributed by atoms with E-state index in [1.807, 2.05) is 4.31 Å². The Hall–Kier alpha value is -0.940. The number of halogens is 1. The number of anilines is 1. The number of benzene rings is 1. The fourth-order valence-electron chi connectivity index (χ4n) is 1.86. The molecule has 1 saturated heterocycles. The number of nitrogens with zero attached hydrogens (tertiary/aromatic N) is 2. The molecule has 2 rings (SSSR count). The molecule has 1 aliphatic heterocycles. The Morgan fingerprint density at radius 2 is 1.69 bits per heavy atom. The lowest BCUT2D eigenvalue weighted by Crippen LogP contribution is -2.46. The fraction of sp³-hybridized carbons (Fsp3) is 0.455. The minimum Gasteiger partial charge on any atom is -0.369 e. The summed E-state index contributed by atoms with van der Waals surface area (Å²) in [4.78, 5) is 2.18. The average molecular weight is 242 g/mol. The first-order valence-electron chi connectivity index (χ1n) is 5.26. The van der Waals surface area contributed by atoms with Crippen molar-refractivity contribution in [3.05, 3.63) is 30.1 Å². The zero-order chi connectivity index (χ0) is 11.5. The van der Waals surface area contributed by atoms with Crippen LogP contribution in [0.2, 0.25) is 0 Å². The second-order valence-electron chi connectivity index (χ2n) is 3.82. The molecule has 0 N–H and O–H groups in total. The van der Waals surface area contributed by atoms with Crippen molar-refractivity contribution in [2.45, 2.75) is 0 Å². The van der Waals surface area contributed by atoms with Crippen LogP contribution in [0.3, 0.4) is 0 Å². The van der Waals surface area contributed by atoms with Gasteiger partial charge < -0.3 is 4.90 Å². The third-order valence-corrected chi connectivity index (χ3v) is 3.89. The maximum atomic E-state index is 12.8. The standard InChI is InChI=1S/C11H15FN2OS/c1-16(15)14-8-6-13(7-9-14)11-4-2-10(12)3-5-11/h2-5H,6-9H2,1H3. The Kier molecular flexibility index (Phi) is 3.56. The van der Waals surface area contributed by atoms with Crippen molar-refractivity contribution >= 4 is 16.7 Å². The molecule has 16 heavy (non-hydrogen) atoms. The number of rotatable bonds is 2. The van der Waals surface area contributed by atoms with Gasteiger partial charge >= 0.3 is 0 Å². The van der Waals surface area contributed by atoms with Gasteiger partial charge in [0, 0.05) is 38.1 Å². The third-order valence-electron chi connectivity index (χ3n) is 2.79. The molecule has 0 aliphatic carbocycles. The molecular weight excluding hydrogens is 227 g/mol. The summed E-state index contributed by atoms with van der Waals surface area (Å²) in [6, 6.07) is 6.52. The van der Waals surface area contributed by atoms with Gasteiger partial charge in [-0.05, 0) is 24.3 Å². The Balaban J connectivity index is 1.99. The van der Waals surface area contributed by atoms with E-state index in [4.69, 9.17) is 0 Å². The van der Waals surface area contributed by atoms with Crippen LogP contribution in [0.15, 0.2) is 24.3 Å². The van der Waals surface area contributed by atoms with Crippen LogP contribution >= 0.6 is 0 Å². The Bertz CT molecular complexity index is 374. The summed E-state index contributed by atoms with van der Waals surface area (Å²) in [5, 5.41) is 0. The van der Waals surface area contributed by atoms with E-state index >= 15 is 0 Å². The summed E-state index contributed by atoms with van der Waals surface area (Å²) in [5.74, 6) is -0.211. The lowest BCUT2D eigenvalue weighted by atomic mass is 10.2. The van der Waals surface area contributed by atoms with Crippen LogP contribution in [0, 0.1) is 5.82 Å². The van der Waals surface area contributed by atoms with E-state index in [1.165, 1.54) is 12.1 Å². The van der Waals surface area contributed by atoms with Gasteiger partial charge in [0.1, 0.15) is 5.82 Å². The van der Waals surface area contributed by atoms with Crippen molar-refractivity contribution < 1.29 is 8.60 Å². The van der Waals surface area contributed by atoms with Gasteiger partial charge in [0.2, 0.25) is 0 Å². The summed E-state index contributed by atoms with van der Waals surface area (Å²) >= 11 is 0. The topological polar surface area (TPSA) is 23.6 Å². The molecule has 1 heterocycles. The molecule has 0 aromatic heterocycles. The molecule has 5 heteroatoms. The minimum atomic E-state index is -0.880. The Morgan fingerprint density at radius 3 is 2.19 bits per heavy atom. The van der Waals surface area contributed by atoms with Crippen LogP contribution in [0.1, 0.15) is 0 Å². The van der Waals surface area contributed by atoms with Crippen molar-refractivity contribution in [1.82, 2.24) is 4.31 Å². The van der Waals surface area contributed by atoms with E-state index in [9.17, 15) is 8.60 Å². The lowest BCUT2D eigenvalue weighted by molar-refractivity contribution is 0.412. The molecule has 1 aromatic rings. The molecule has 0 spiro atoms. The van der Waals surface area contributed by atoms with Crippen molar-refractivity contribution in [2.75, 3.05) is 37.3 Å². The van der Waals surface area contributed by atoms with Gasteiger partial charge in [-0.2, -0.15) is 0 Å². The fourth-order valence-corrected chi connectivity index (χ4v) is 2.53. The molecule has 0 saturated carbocycles. The van der Waals surface area contributed by atoms with E-state index in [0.717, 1.165) is 31.9 Å². The summed E-state index contributed by atoms with van der Waals surface area (Å²) in [7, 11) is -0.880. The molecule has 0 radical (unpaired) electrons. The zero-order valence-corrected chi connectivity index (χ0v) is 10.0. The summed E-state index contributed by atoms with van der Waals surface area (Å²) in [5.41, 5.74) is 1.03. The molecule has 1 atom stereocenters. The third kappa shape index (κ3) is 2.59. The quantitative estimate of drug-likeness (QED) is 0.779. The normalized spacial score (nSPS) is 19.8. The number of hydrogen-bond acceptors (Lipinski definition) is 2. The van der Waals surface area contributed by atoms with Crippen LogP contribution in [0.5, 0.6) is 0 Å². The molecule has 1 unspecified atom stereocenters. The van der Waals surface area contributed by atoms with E-state index in [-0.39, 0.29) is 5.82 Å². The Morgan fingerprint density at radius 1 is 1.12 bits per heavy atom. The second-order valence-corrected chi connectivity index (χ2v) is 5.18. The van der Waals surface area contributed by atoms with Gasteiger partial charge in [-0.3, -0.25) is 0 Å². The highest BCUT2D eigenvalue weighted by Gasteiger charge is 2.18. The van der Waals surface area contributed by atoms with E-state index in [0.29, 0.717) is 0 Å². The molecule has 1 aliphatic rings. The first kappa shape index (κ1) is 11.5. The van der Waals surface area contributed by atoms with E-state index in [2.05, 4.69) is 4.90 Å². The van der Waals surface area contributed by atoms with Gasteiger partial charge in [-0.25, -0.2) is 12.9 Å². The highest BCUT2D eigenvalue weighted by molar-refractivity contribution is 7.81. The monoisotopic (exact) mass is 242 g/mol. The molecule has 3 nitrogen and oxygen atoms in total. The van der Waals surface area contributed by atoms with Crippen LogP contribution in [-0.2, 0) is 11.0 Å². The van der Waals surface area contributed by atoms with Gasteiger partial charge in [0.25, 0.3) is 0 Å². The van der Waals surface area contributed by atoms with Crippen molar-refractivity contribution in [3.8, 4) is 0 Å². The minimum absolute atomic E-state index is 0.211. The van der Waals surface area contributed by atoms with Gasteiger partial charge in [-0.15, -0.1) is 0 Å². The second kappa shape index (κ2) is 4.93. The van der Waals surface area contributed by atoms with E-state index < -0.39 is 11.0 Å². The average Bonchev–Trinajstić information content (AvgIpc) is 2.30. The predicted molar refractivity (Wildman–Crippen MR) is 64.3 cm³/mol. The summed E-state index contributed by atoms with van der Waals surface area (Å²) < 4.78 is 26.0. The van der Waals surface area contributed by atoms with Crippen LogP contribution in [0.25, 0.3) is 0 Å². The van der Waals surface area contributed by atoms with Crippen molar-refractivity contribution in [2.24, 2.45) is 0 Å². The maximum absolute atomic E-state index is 12.8. The molecule has 0 bridgehead atoms. The van der Waals surface area contributed by atoms with Gasteiger partial charge in [-0.1, -0.05) is 0 Å². The largest absolute Gasteiger partial charge is 0.369 e. The summed E-state index contributed by atoms with van der Waals surface area (Å²) in [6.07, 6.45) is 1.70. The molecule has 1 aromatic carbocycles. The Labute approximate surface area is 97.4 Å². The zero-order valence-electron chi connectivity index (χ0n) is 9.23. The van der Waals surface area contributed by atoms with Crippen LogP contribution < -0.4 is 4.90 Å². The highest BCUT2D eigenvalue weighted by Crippen LogP contribution is 2.17. The predicted octanol–water partition coefficient (Wildman–Crippen LogP) is 1.24. The van der Waals surface area contributed by atoms with Crippen LogP contribution in [0.4, 0.5) is 10.1 Å².